The number of pyridine rings is 1. The smallest absolute Gasteiger partial charge is 0.237 e. The molecule has 2 heterocycles. The van der Waals surface area contributed by atoms with Crippen molar-refractivity contribution in [3.8, 4) is 18.0 Å². The monoisotopic (exact) mass is 348 g/mol. The summed E-state index contributed by atoms with van der Waals surface area (Å²) in [6.07, 6.45) is 10.4. The van der Waals surface area contributed by atoms with Crippen LogP contribution in [0.1, 0.15) is 13.8 Å². The van der Waals surface area contributed by atoms with Gasteiger partial charge in [-0.2, -0.15) is 5.10 Å². The molecule has 0 aliphatic heterocycles. The van der Waals surface area contributed by atoms with Crippen molar-refractivity contribution in [2.45, 2.75) is 19.1 Å². The lowest BCUT2D eigenvalue weighted by Crippen LogP contribution is -2.32. The Hall–Kier alpha value is -1.97. The second kappa shape index (κ2) is 8.04. The van der Waals surface area contributed by atoms with Crippen molar-refractivity contribution in [3.63, 3.8) is 0 Å². The van der Waals surface area contributed by atoms with Crippen LogP contribution in [0.3, 0.4) is 0 Å². The Balaban J connectivity index is 2.20. The van der Waals surface area contributed by atoms with Gasteiger partial charge in [0.25, 0.3) is 0 Å². The summed E-state index contributed by atoms with van der Waals surface area (Å²) in [7, 11) is 0. The van der Waals surface area contributed by atoms with Crippen LogP contribution in [0.2, 0.25) is 5.15 Å². The highest BCUT2D eigenvalue weighted by Gasteiger charge is 2.20. The molecule has 2 aromatic rings. The molecule has 0 saturated carbocycles. The summed E-state index contributed by atoms with van der Waals surface area (Å²) in [5, 5.41) is 4.52. The summed E-state index contributed by atoms with van der Waals surface area (Å²) in [4.78, 5) is 18.1. The molecule has 23 heavy (non-hydrogen) atoms. The Morgan fingerprint density at radius 2 is 2.39 bits per heavy atom. The van der Waals surface area contributed by atoms with E-state index in [2.05, 4.69) is 16.0 Å². The van der Waals surface area contributed by atoms with Gasteiger partial charge < -0.3 is 4.90 Å². The van der Waals surface area contributed by atoms with Gasteiger partial charge >= 0.3 is 0 Å². The molecule has 2 aromatic heterocycles. The number of nitrogens with zero attached hydrogens (tertiary/aromatic N) is 4. The molecule has 0 radical (unpaired) electrons. The van der Waals surface area contributed by atoms with Crippen LogP contribution < -0.4 is 4.90 Å². The zero-order valence-corrected chi connectivity index (χ0v) is 14.5. The minimum atomic E-state index is -0.0489. The topological polar surface area (TPSA) is 51.0 Å². The molecule has 0 spiro atoms. The second-order valence-corrected chi connectivity index (χ2v) is 6.41. The highest BCUT2D eigenvalue weighted by molar-refractivity contribution is 8.00. The maximum Gasteiger partial charge on any atom is 0.237 e. The highest BCUT2D eigenvalue weighted by Crippen LogP contribution is 2.26. The van der Waals surface area contributed by atoms with Crippen LogP contribution in [0.4, 0.5) is 5.69 Å². The lowest BCUT2D eigenvalue weighted by atomic mass is 10.4. The molecule has 1 atom stereocenters. The molecule has 0 N–H and O–H groups in total. The third-order valence-electron chi connectivity index (χ3n) is 3.16. The van der Waals surface area contributed by atoms with Gasteiger partial charge in [0.1, 0.15) is 5.69 Å². The molecule has 1 amide bonds. The zero-order chi connectivity index (χ0) is 16.8. The van der Waals surface area contributed by atoms with Crippen molar-refractivity contribution in [2.24, 2.45) is 0 Å². The van der Waals surface area contributed by atoms with Gasteiger partial charge in [0.2, 0.25) is 5.91 Å². The first-order valence-corrected chi connectivity index (χ1v) is 8.53. The molecule has 120 valence electrons. The fraction of sp³-hybridized carbons (Fsp3) is 0.312. The fourth-order valence-corrected chi connectivity index (χ4v) is 2.83. The van der Waals surface area contributed by atoms with E-state index in [0.29, 0.717) is 18.0 Å². The third-order valence-corrected chi connectivity index (χ3v) is 4.48. The van der Waals surface area contributed by atoms with E-state index in [1.54, 1.807) is 28.2 Å². The molecule has 5 nitrogen and oxygen atoms in total. The first-order valence-electron chi connectivity index (χ1n) is 7.10. The first-order chi connectivity index (χ1) is 11.1. The number of hydrogen-bond donors (Lipinski definition) is 0. The molecule has 0 bridgehead atoms. The average molecular weight is 349 g/mol. The van der Waals surface area contributed by atoms with Crippen molar-refractivity contribution in [1.82, 2.24) is 14.8 Å². The summed E-state index contributed by atoms with van der Waals surface area (Å²) in [5.74, 6) is 2.85. The number of thioether (sulfide) groups is 1. The molecule has 0 fully saturated rings. The van der Waals surface area contributed by atoms with Gasteiger partial charge in [0.15, 0.2) is 5.15 Å². The van der Waals surface area contributed by atoms with Crippen LogP contribution in [0.25, 0.3) is 5.69 Å². The molecular formula is C16H17ClN4OS. The number of rotatable bonds is 6. The lowest BCUT2D eigenvalue weighted by molar-refractivity contribution is -0.116. The van der Waals surface area contributed by atoms with Crippen LogP contribution in [0.15, 0.2) is 30.7 Å². The second-order valence-electron chi connectivity index (χ2n) is 4.72. The van der Waals surface area contributed by atoms with Crippen molar-refractivity contribution in [2.75, 3.05) is 17.2 Å². The van der Waals surface area contributed by atoms with Crippen molar-refractivity contribution in [3.05, 3.63) is 35.9 Å². The summed E-state index contributed by atoms with van der Waals surface area (Å²) in [6, 6.07) is 3.67. The molecule has 7 heteroatoms. The minimum absolute atomic E-state index is 0.00811. The largest absolute Gasteiger partial charge is 0.308 e. The van der Waals surface area contributed by atoms with E-state index >= 15 is 0 Å². The van der Waals surface area contributed by atoms with Gasteiger partial charge in [0.05, 0.1) is 29.1 Å². The number of hydrogen-bond acceptors (Lipinski definition) is 4. The molecule has 1 unspecified atom stereocenters. The van der Waals surface area contributed by atoms with Crippen LogP contribution in [-0.4, -0.2) is 38.2 Å². The van der Waals surface area contributed by atoms with E-state index in [1.807, 2.05) is 26.0 Å². The number of carbonyl (C=O) groups excluding carboxylic acids is 1. The third kappa shape index (κ3) is 4.27. The Labute approximate surface area is 145 Å². The van der Waals surface area contributed by atoms with Gasteiger partial charge in [-0.25, -0.2) is 4.68 Å². The first kappa shape index (κ1) is 17.4. The minimum Gasteiger partial charge on any atom is -0.308 e. The molecule has 2 rings (SSSR count). The standard InChI is InChI=1S/C16H17ClN4OS/c1-4-12(3)23-11-15(22)20(5-2)14-10-21(19-16(14)17)13-7-6-8-18-9-13/h1,6-10,12H,5,11H2,2-3H3. The summed E-state index contributed by atoms with van der Waals surface area (Å²) in [6.45, 7) is 4.29. The van der Waals surface area contributed by atoms with Crippen molar-refractivity contribution >= 4 is 35.0 Å². The van der Waals surface area contributed by atoms with Gasteiger partial charge in [0, 0.05) is 12.7 Å². The van der Waals surface area contributed by atoms with Crippen LogP contribution in [-0.2, 0) is 4.79 Å². The van der Waals surface area contributed by atoms with E-state index in [-0.39, 0.29) is 16.3 Å². The van der Waals surface area contributed by atoms with E-state index < -0.39 is 0 Å². The van der Waals surface area contributed by atoms with E-state index in [0.717, 1.165) is 5.69 Å². The maximum absolute atomic E-state index is 12.4. The summed E-state index contributed by atoms with van der Waals surface area (Å²) < 4.78 is 1.61. The number of anilines is 1. The summed E-state index contributed by atoms with van der Waals surface area (Å²) in [5.41, 5.74) is 1.36. The SMILES string of the molecule is C#CC(C)SCC(=O)N(CC)c1cn(-c2cccnc2)nc1Cl. The number of halogens is 1. The Kier molecular flexibility index (Phi) is 6.08. The van der Waals surface area contributed by atoms with Crippen LogP contribution in [0.5, 0.6) is 0 Å². The normalized spacial score (nSPS) is 11.7. The predicted octanol–water partition coefficient (Wildman–Crippen LogP) is 3.03. The van der Waals surface area contributed by atoms with Gasteiger partial charge in [-0.05, 0) is 26.0 Å². The van der Waals surface area contributed by atoms with E-state index in [9.17, 15) is 4.79 Å². The van der Waals surface area contributed by atoms with Gasteiger partial charge in [-0.3, -0.25) is 9.78 Å². The fourth-order valence-electron chi connectivity index (χ4n) is 1.95. The number of carbonyl (C=O) groups is 1. The van der Waals surface area contributed by atoms with Crippen molar-refractivity contribution in [1.29, 1.82) is 0 Å². The number of aromatic nitrogens is 3. The van der Waals surface area contributed by atoms with E-state index in [1.165, 1.54) is 11.8 Å². The number of terminal acetylenes is 1. The quantitative estimate of drug-likeness (QED) is 0.753. The summed E-state index contributed by atoms with van der Waals surface area (Å²) >= 11 is 7.64. The predicted molar refractivity (Wildman–Crippen MR) is 95.1 cm³/mol. The lowest BCUT2D eigenvalue weighted by Gasteiger charge is -2.19. The van der Waals surface area contributed by atoms with Gasteiger partial charge in [-0.1, -0.05) is 17.5 Å². The Morgan fingerprint density at radius 3 is 3.00 bits per heavy atom. The molecule has 0 aliphatic carbocycles. The molecular weight excluding hydrogens is 332 g/mol. The number of amides is 1. The van der Waals surface area contributed by atoms with Crippen molar-refractivity contribution < 1.29 is 4.79 Å². The van der Waals surface area contributed by atoms with Crippen LogP contribution in [0, 0.1) is 12.3 Å². The van der Waals surface area contributed by atoms with Crippen LogP contribution >= 0.6 is 23.4 Å². The maximum atomic E-state index is 12.4. The molecule has 0 saturated heterocycles. The highest BCUT2D eigenvalue weighted by atomic mass is 35.5. The zero-order valence-electron chi connectivity index (χ0n) is 12.9. The molecule has 0 aliphatic rings. The van der Waals surface area contributed by atoms with Gasteiger partial charge in [-0.15, -0.1) is 18.2 Å². The average Bonchev–Trinajstić information content (AvgIpc) is 2.96. The Morgan fingerprint density at radius 1 is 1.61 bits per heavy atom. The van der Waals surface area contributed by atoms with E-state index in [4.69, 9.17) is 18.0 Å². The molecule has 0 aromatic carbocycles. The Bertz CT molecular complexity index is 711.